The van der Waals surface area contributed by atoms with Gasteiger partial charge in [0.05, 0.1) is 23.4 Å². The van der Waals surface area contributed by atoms with Gasteiger partial charge in [-0.05, 0) is 30.2 Å². The number of aliphatic hydroxyl groups is 2. The Morgan fingerprint density at radius 3 is 2.46 bits per heavy atom. The molecule has 4 aliphatic heterocycles. The molecule has 6 aliphatic rings. The van der Waals surface area contributed by atoms with Gasteiger partial charge in [0.15, 0.2) is 17.8 Å². The highest BCUT2D eigenvalue weighted by molar-refractivity contribution is 5.94. The third-order valence-electron chi connectivity index (χ3n) is 10.4. The van der Waals surface area contributed by atoms with Gasteiger partial charge in [0.2, 0.25) is 11.9 Å². The molecule has 210 valence electrons. The fourth-order valence-corrected chi connectivity index (χ4v) is 9.15. The van der Waals surface area contributed by atoms with E-state index in [4.69, 9.17) is 28.4 Å². The maximum atomic E-state index is 13.8. The minimum atomic E-state index is -2.25. The van der Waals surface area contributed by atoms with E-state index in [0.717, 1.165) is 5.56 Å². The van der Waals surface area contributed by atoms with Crippen molar-refractivity contribution in [2.75, 3.05) is 6.79 Å². The number of carbonyl (C=O) groups is 3. The van der Waals surface area contributed by atoms with Crippen LogP contribution in [-0.4, -0.2) is 76.8 Å². The van der Waals surface area contributed by atoms with Crippen LogP contribution in [0.15, 0.2) is 30.3 Å². The van der Waals surface area contributed by atoms with Crippen molar-refractivity contribution in [1.29, 1.82) is 0 Å². The molecule has 0 bridgehead atoms. The van der Waals surface area contributed by atoms with E-state index in [9.17, 15) is 24.6 Å². The third-order valence-corrected chi connectivity index (χ3v) is 10.4. The van der Waals surface area contributed by atoms with E-state index < -0.39 is 87.9 Å². The van der Waals surface area contributed by atoms with Crippen LogP contribution in [0.4, 0.5) is 0 Å². The summed E-state index contributed by atoms with van der Waals surface area (Å²) >= 11 is 0. The zero-order valence-electron chi connectivity index (χ0n) is 22.1. The van der Waals surface area contributed by atoms with Crippen molar-refractivity contribution in [3.05, 3.63) is 35.9 Å². The molecule has 2 N–H and O–H groups in total. The topological polar surface area (TPSA) is 147 Å². The number of hydrogen-bond acceptors (Lipinski definition) is 11. The largest absolute Gasteiger partial charge is 0.459 e. The van der Waals surface area contributed by atoms with E-state index in [-0.39, 0.29) is 19.8 Å². The molecule has 0 aromatic heterocycles. The fourth-order valence-electron chi connectivity index (χ4n) is 9.15. The molecule has 0 amide bonds. The van der Waals surface area contributed by atoms with Gasteiger partial charge in [-0.1, -0.05) is 51.1 Å². The van der Waals surface area contributed by atoms with Gasteiger partial charge in [-0.15, -0.1) is 0 Å². The molecular formula is C28H32O11. The minimum Gasteiger partial charge on any atom is -0.459 e. The molecule has 4 saturated heterocycles. The number of aliphatic hydroxyl groups excluding tert-OH is 1. The average molecular weight is 545 g/mol. The van der Waals surface area contributed by atoms with E-state index in [0.29, 0.717) is 0 Å². The summed E-state index contributed by atoms with van der Waals surface area (Å²) in [6, 6.07) is 9.44. The van der Waals surface area contributed by atoms with E-state index in [1.54, 1.807) is 0 Å². The molecule has 7 rings (SSSR count). The summed E-state index contributed by atoms with van der Waals surface area (Å²) in [4.78, 5) is 39.9. The second-order valence-electron chi connectivity index (χ2n) is 12.8. The third kappa shape index (κ3) is 2.48. The number of esters is 3. The number of rotatable bonds is 5. The predicted molar refractivity (Wildman–Crippen MR) is 127 cm³/mol. The number of ether oxygens (including phenoxy) is 6. The van der Waals surface area contributed by atoms with Crippen LogP contribution in [0, 0.1) is 28.1 Å². The Kier molecular flexibility index (Phi) is 4.94. The summed E-state index contributed by atoms with van der Waals surface area (Å²) in [5.74, 6) is -4.03. The van der Waals surface area contributed by atoms with Gasteiger partial charge < -0.3 is 38.6 Å². The molecular weight excluding hydrogens is 512 g/mol. The molecule has 2 saturated carbocycles. The van der Waals surface area contributed by atoms with Crippen LogP contribution >= 0.6 is 0 Å². The Hall–Kier alpha value is -2.57. The second-order valence-corrected chi connectivity index (χ2v) is 12.8. The molecule has 1 unspecified atom stereocenters. The second kappa shape index (κ2) is 7.58. The minimum absolute atomic E-state index is 0.232. The summed E-state index contributed by atoms with van der Waals surface area (Å²) in [5.41, 5.74) is -7.20. The van der Waals surface area contributed by atoms with Crippen molar-refractivity contribution in [3.63, 3.8) is 0 Å². The van der Waals surface area contributed by atoms with Crippen LogP contribution in [-0.2, 0) is 49.4 Å². The zero-order valence-corrected chi connectivity index (χ0v) is 22.1. The first-order valence-electron chi connectivity index (χ1n) is 13.3. The Balaban J connectivity index is 1.36. The first-order chi connectivity index (χ1) is 18.4. The predicted octanol–water partition coefficient (Wildman–Crippen LogP) is 0.829. The molecule has 2 aliphatic carbocycles. The van der Waals surface area contributed by atoms with Crippen molar-refractivity contribution in [1.82, 2.24) is 0 Å². The molecule has 1 aromatic rings. The van der Waals surface area contributed by atoms with Gasteiger partial charge in [-0.25, -0.2) is 9.59 Å². The summed E-state index contributed by atoms with van der Waals surface area (Å²) in [6.45, 7) is 7.32. The van der Waals surface area contributed by atoms with Crippen LogP contribution < -0.4 is 0 Å². The normalized spacial score (nSPS) is 48.9. The molecule has 2 spiro atoms. The Bertz CT molecular complexity index is 1260. The van der Waals surface area contributed by atoms with Crippen molar-refractivity contribution in [2.24, 2.45) is 28.1 Å². The molecule has 39 heavy (non-hydrogen) atoms. The monoisotopic (exact) mass is 544 g/mol. The molecule has 11 heteroatoms. The highest BCUT2D eigenvalue weighted by Crippen LogP contribution is 2.84. The number of fused-ring (bicyclic) bond motifs is 1. The first kappa shape index (κ1) is 25.4. The van der Waals surface area contributed by atoms with Crippen molar-refractivity contribution < 1.29 is 53.0 Å². The summed E-state index contributed by atoms with van der Waals surface area (Å²) < 4.78 is 35.4. The van der Waals surface area contributed by atoms with Crippen LogP contribution in [0.1, 0.15) is 39.7 Å². The summed E-state index contributed by atoms with van der Waals surface area (Å²) in [6.07, 6.45) is -6.39. The lowest BCUT2D eigenvalue weighted by Gasteiger charge is -2.48. The number of carbonyl (C=O) groups excluding carboxylic acids is 3. The molecule has 11 nitrogen and oxygen atoms in total. The Morgan fingerprint density at radius 1 is 1.05 bits per heavy atom. The lowest BCUT2D eigenvalue weighted by molar-refractivity contribution is -0.240. The smallest absolute Gasteiger partial charge is 0.343 e. The van der Waals surface area contributed by atoms with E-state index in [1.807, 2.05) is 51.1 Å². The van der Waals surface area contributed by atoms with Gasteiger partial charge in [0, 0.05) is 0 Å². The average Bonchev–Trinajstić information content (AvgIpc) is 3.60. The number of hydrogen-bond donors (Lipinski definition) is 2. The maximum Gasteiger partial charge on any atom is 0.343 e. The standard InChI is InChI=1S/C28H32O11/c1-13-20(30)37-18-17(29)26-16-10-15(24(2,3)4)25(26)19(35-12-34-11-14-8-6-5-7-9-14)21(31)38-23(25)39-28(26,22(32)36-16)27(13,18)33/h5-9,13,15-19,23,29,33H,10-12H2,1-4H3/t13-,15+,16+,17+,18+,19+,23+,25?,26-,27-,28+/m1/s1. The Morgan fingerprint density at radius 2 is 1.77 bits per heavy atom. The molecule has 0 radical (unpaired) electrons. The van der Waals surface area contributed by atoms with E-state index in [1.165, 1.54) is 6.92 Å². The van der Waals surface area contributed by atoms with Crippen LogP contribution in [0.5, 0.6) is 0 Å². The van der Waals surface area contributed by atoms with E-state index in [2.05, 4.69) is 0 Å². The summed E-state index contributed by atoms with van der Waals surface area (Å²) in [5, 5.41) is 24.3. The SMILES string of the molecule is C[C@@H]1C(=O)O[C@H]2[C@H](O)[C@]34[C@@H]5C[C@@H](C(C)(C)C)C36[C@@H](OC(=O)[C@@H]6OCOCc3ccccc3)O[C@]4(C(=O)O5)[C@@]12O. The highest BCUT2D eigenvalue weighted by atomic mass is 16.8. The van der Waals surface area contributed by atoms with Crippen molar-refractivity contribution in [3.8, 4) is 0 Å². The van der Waals surface area contributed by atoms with Crippen LogP contribution in [0.3, 0.4) is 0 Å². The highest BCUT2D eigenvalue weighted by Gasteiger charge is 3.04. The molecule has 4 heterocycles. The number of benzene rings is 1. The summed E-state index contributed by atoms with van der Waals surface area (Å²) in [7, 11) is 0. The van der Waals surface area contributed by atoms with Gasteiger partial charge in [0.25, 0.3) is 0 Å². The van der Waals surface area contributed by atoms with Gasteiger partial charge >= 0.3 is 17.9 Å². The maximum absolute atomic E-state index is 13.8. The molecule has 11 atom stereocenters. The van der Waals surface area contributed by atoms with Gasteiger partial charge in [0.1, 0.15) is 19.0 Å². The van der Waals surface area contributed by atoms with Crippen LogP contribution in [0.25, 0.3) is 0 Å². The lowest BCUT2D eigenvalue weighted by atomic mass is 9.51. The molecule has 6 fully saturated rings. The molecule has 1 aromatic carbocycles. The van der Waals surface area contributed by atoms with Crippen molar-refractivity contribution in [2.45, 2.75) is 82.6 Å². The lowest BCUT2D eigenvalue weighted by Crippen LogP contribution is -2.67. The van der Waals surface area contributed by atoms with Crippen LogP contribution in [0.2, 0.25) is 0 Å². The fraction of sp³-hybridized carbons (Fsp3) is 0.679. The first-order valence-corrected chi connectivity index (χ1v) is 13.3. The van der Waals surface area contributed by atoms with Crippen molar-refractivity contribution >= 4 is 17.9 Å². The zero-order chi connectivity index (χ0) is 27.8. The Labute approximate surface area is 224 Å². The van der Waals surface area contributed by atoms with Gasteiger partial charge in [-0.2, -0.15) is 0 Å². The van der Waals surface area contributed by atoms with E-state index >= 15 is 0 Å². The quantitative estimate of drug-likeness (QED) is 0.235. The van der Waals surface area contributed by atoms with Gasteiger partial charge in [-0.3, -0.25) is 4.79 Å².